The standard InChI is InChI=1S/2C12H8N2.Pb/c2*1-3-9-5-6-10-4-2-8-14-12(10)11(9)13-7-1;/h2*1-8H;/q;-2;+2. The summed E-state index contributed by atoms with van der Waals surface area (Å²) < 4.78 is 5.00. The van der Waals surface area contributed by atoms with Crippen LogP contribution >= 0.6 is 0 Å². The molecule has 0 fully saturated rings. The zero-order valence-electron chi connectivity index (χ0n) is 15.5. The molecule has 0 atom stereocenters. The molecule has 136 valence electrons. The first kappa shape index (κ1) is 16.9. The van der Waals surface area contributed by atoms with Gasteiger partial charge in [-0.05, 0) is 12.1 Å². The third-order valence-electron chi connectivity index (χ3n) is 5.28. The fourth-order valence-electron chi connectivity index (χ4n) is 3.96. The van der Waals surface area contributed by atoms with E-state index in [9.17, 15) is 0 Å². The van der Waals surface area contributed by atoms with Crippen molar-refractivity contribution in [3.63, 3.8) is 0 Å². The number of fused-ring (bicyclic) bond motifs is 3. The normalized spacial score (nSPS) is 14.9. The predicted octanol–water partition coefficient (Wildman–Crippen LogP) is 3.25. The second-order valence-corrected chi connectivity index (χ2v) is 11.5. The fourth-order valence-corrected chi connectivity index (χ4v) is 8.66. The number of hydrogen-bond donors (Lipinski definition) is 0. The molecule has 0 N–H and O–H groups in total. The van der Waals surface area contributed by atoms with Crippen LogP contribution in [0.2, 0.25) is 0 Å². The summed E-state index contributed by atoms with van der Waals surface area (Å²) in [5, 5.41) is 5.02. The van der Waals surface area contributed by atoms with Crippen LogP contribution in [0.3, 0.4) is 0 Å². The van der Waals surface area contributed by atoms with Crippen molar-refractivity contribution in [1.82, 2.24) is 9.97 Å². The minimum Gasteiger partial charge on any atom is -0.254 e. The molecule has 0 unspecified atom stereocenters. The molecule has 0 aliphatic carbocycles. The second-order valence-electron chi connectivity index (χ2n) is 7.01. The van der Waals surface area contributed by atoms with Gasteiger partial charge in [-0.2, -0.15) is 0 Å². The van der Waals surface area contributed by atoms with Crippen molar-refractivity contribution >= 4 is 70.2 Å². The van der Waals surface area contributed by atoms with Crippen LogP contribution in [0.15, 0.2) is 85.5 Å². The monoisotopic (exact) mass is 568 g/mol. The molecule has 2 aromatic heterocycles. The van der Waals surface area contributed by atoms with Crippen LogP contribution in [-0.4, -0.2) is 34.8 Å². The minimum atomic E-state index is -0.893. The van der Waals surface area contributed by atoms with E-state index in [4.69, 9.17) is 0 Å². The van der Waals surface area contributed by atoms with E-state index in [1.807, 2.05) is 12.1 Å². The first-order valence-corrected chi connectivity index (χ1v) is 13.0. The molecule has 0 saturated carbocycles. The molecule has 5 heteroatoms. The van der Waals surface area contributed by atoms with Crippen LogP contribution in [0.4, 0.5) is 11.4 Å². The summed E-state index contributed by atoms with van der Waals surface area (Å²) in [6.45, 7) is 0. The van der Waals surface area contributed by atoms with Gasteiger partial charge in [-0.3, -0.25) is 9.97 Å². The van der Waals surface area contributed by atoms with Gasteiger partial charge in [0, 0.05) is 23.2 Å². The van der Waals surface area contributed by atoms with E-state index in [-0.39, 0.29) is 0 Å². The van der Waals surface area contributed by atoms with Crippen LogP contribution < -0.4 is 15.9 Å². The molecular weight excluding hydrogens is 551 g/mol. The van der Waals surface area contributed by atoms with Gasteiger partial charge in [0.1, 0.15) is 0 Å². The van der Waals surface area contributed by atoms with Gasteiger partial charge in [0.05, 0.1) is 11.0 Å². The first-order chi connectivity index (χ1) is 14.4. The molecule has 2 radical (unpaired) electrons. The quantitative estimate of drug-likeness (QED) is 0.241. The Morgan fingerprint density at radius 2 is 1.14 bits per heavy atom. The van der Waals surface area contributed by atoms with Crippen molar-refractivity contribution in [2.24, 2.45) is 0 Å². The Bertz CT molecular complexity index is 1350. The average Bonchev–Trinajstić information content (AvgIpc) is 3.18. The van der Waals surface area contributed by atoms with Gasteiger partial charge < -0.3 is 0 Å². The van der Waals surface area contributed by atoms with Crippen LogP contribution in [0.5, 0.6) is 0 Å². The number of allylic oxidation sites excluding steroid dienone is 2. The number of hydrogen-bond acceptors (Lipinski definition) is 4. The number of aromatic nitrogens is 2. The number of pyridine rings is 2. The number of nitrogens with zero attached hydrogens (tertiary/aromatic N) is 4. The van der Waals surface area contributed by atoms with E-state index in [1.165, 1.54) is 21.8 Å². The second kappa shape index (κ2) is 6.81. The van der Waals surface area contributed by atoms with Crippen molar-refractivity contribution < 1.29 is 0 Å². The third kappa shape index (κ3) is 2.78. The Hall–Kier alpha value is -3.00. The van der Waals surface area contributed by atoms with Crippen LogP contribution in [0.1, 0.15) is 0 Å². The SMILES string of the molecule is C1=C[N]2[Pb][N]3C=CC=c4ccc(c2c43)=C1.c1cnc2c(c1)ccc1cccnc12. The maximum atomic E-state index is 4.35. The average molecular weight is 568 g/mol. The van der Waals surface area contributed by atoms with Crippen molar-refractivity contribution in [1.29, 1.82) is 0 Å². The smallest absolute Gasteiger partial charge is 0.0964 e. The number of benzene rings is 2. The topological polar surface area (TPSA) is 32.3 Å². The summed E-state index contributed by atoms with van der Waals surface area (Å²) in [5.41, 5.74) is 4.84. The molecule has 7 rings (SSSR count). The van der Waals surface area contributed by atoms with E-state index in [2.05, 4.69) is 88.5 Å². The third-order valence-corrected chi connectivity index (χ3v) is 9.85. The first-order valence-electron chi connectivity index (χ1n) is 9.52. The molecule has 0 amide bonds. The molecule has 2 aromatic carbocycles. The summed E-state index contributed by atoms with van der Waals surface area (Å²) in [4.78, 5) is 8.69. The molecular formula is C24H16N4Pb. The Kier molecular flexibility index (Phi) is 3.97. The van der Waals surface area contributed by atoms with E-state index < -0.39 is 24.8 Å². The van der Waals surface area contributed by atoms with Gasteiger partial charge in [-0.25, -0.2) is 0 Å². The van der Waals surface area contributed by atoms with Crippen molar-refractivity contribution in [2.45, 2.75) is 0 Å². The molecule has 4 aromatic rings. The maximum absolute atomic E-state index is 4.35. The van der Waals surface area contributed by atoms with Gasteiger partial charge in [-0.15, -0.1) is 0 Å². The Morgan fingerprint density at radius 1 is 0.621 bits per heavy atom. The van der Waals surface area contributed by atoms with Gasteiger partial charge in [-0.1, -0.05) is 24.3 Å². The van der Waals surface area contributed by atoms with Crippen LogP contribution in [-0.2, 0) is 0 Å². The van der Waals surface area contributed by atoms with Crippen molar-refractivity contribution in [3.05, 3.63) is 95.9 Å². The zero-order valence-corrected chi connectivity index (χ0v) is 19.4. The van der Waals surface area contributed by atoms with Gasteiger partial charge in [0.2, 0.25) is 0 Å². The molecule has 3 aliphatic rings. The fraction of sp³-hybridized carbons (Fsp3) is 0. The van der Waals surface area contributed by atoms with E-state index >= 15 is 0 Å². The summed E-state index contributed by atoms with van der Waals surface area (Å²) >= 11 is -0.893. The Balaban J connectivity index is 0.000000114. The van der Waals surface area contributed by atoms with Gasteiger partial charge in [0.15, 0.2) is 0 Å². The largest absolute Gasteiger partial charge is 0.254 e. The predicted molar refractivity (Wildman–Crippen MR) is 121 cm³/mol. The number of anilines is 2. The summed E-state index contributed by atoms with van der Waals surface area (Å²) in [6, 6.07) is 16.6. The van der Waals surface area contributed by atoms with Crippen LogP contribution in [0, 0.1) is 0 Å². The zero-order chi connectivity index (χ0) is 19.2. The van der Waals surface area contributed by atoms with E-state index in [1.54, 1.807) is 12.4 Å². The summed E-state index contributed by atoms with van der Waals surface area (Å²) in [7, 11) is 0. The molecule has 0 bridgehead atoms. The molecule has 29 heavy (non-hydrogen) atoms. The van der Waals surface area contributed by atoms with Crippen molar-refractivity contribution in [2.75, 3.05) is 5.42 Å². The summed E-state index contributed by atoms with van der Waals surface area (Å²) in [6.07, 6.45) is 16.8. The molecule has 3 aliphatic heterocycles. The minimum absolute atomic E-state index is 0.893. The Morgan fingerprint density at radius 3 is 1.66 bits per heavy atom. The molecule has 0 spiro atoms. The molecule has 5 heterocycles. The van der Waals surface area contributed by atoms with E-state index in [0.717, 1.165) is 21.8 Å². The van der Waals surface area contributed by atoms with Gasteiger partial charge >= 0.3 is 101 Å². The maximum Gasteiger partial charge on any atom is 0.0964 e. The van der Waals surface area contributed by atoms with Crippen molar-refractivity contribution in [3.8, 4) is 0 Å². The number of rotatable bonds is 0. The van der Waals surface area contributed by atoms with Crippen LogP contribution in [0.25, 0.3) is 34.0 Å². The molecule has 4 nitrogen and oxygen atoms in total. The Labute approximate surface area is 180 Å². The van der Waals surface area contributed by atoms with E-state index in [0.29, 0.717) is 0 Å². The molecule has 0 saturated heterocycles. The van der Waals surface area contributed by atoms with Gasteiger partial charge in [0.25, 0.3) is 0 Å². The summed E-state index contributed by atoms with van der Waals surface area (Å²) in [5.74, 6) is 0.